The van der Waals surface area contributed by atoms with Crippen LogP contribution in [0.1, 0.15) is 11.4 Å². The highest BCUT2D eigenvalue weighted by molar-refractivity contribution is 7.15. The average Bonchev–Trinajstić information content (AvgIpc) is 2.90. The second-order valence-electron chi connectivity index (χ2n) is 3.98. The van der Waals surface area contributed by atoms with Gasteiger partial charge in [0, 0.05) is 31.8 Å². The second-order valence-corrected chi connectivity index (χ2v) is 4.85. The summed E-state index contributed by atoms with van der Waals surface area (Å²) in [6.07, 6.45) is 2.06. The number of imidazole rings is 1. The van der Waals surface area contributed by atoms with E-state index in [1.54, 1.807) is 18.4 Å². The number of hydrogen-bond donors (Lipinski definition) is 1. The molecule has 0 bridgehead atoms. The molecule has 0 radical (unpaired) electrons. The van der Waals surface area contributed by atoms with E-state index in [0.717, 1.165) is 23.7 Å². The fourth-order valence-corrected chi connectivity index (χ4v) is 2.53. The van der Waals surface area contributed by atoms with Crippen molar-refractivity contribution in [3.05, 3.63) is 23.0 Å². The van der Waals surface area contributed by atoms with Crippen LogP contribution in [0.4, 0.5) is 0 Å². The van der Waals surface area contributed by atoms with Crippen LogP contribution in [0.2, 0.25) is 0 Å². The van der Waals surface area contributed by atoms with Crippen molar-refractivity contribution in [3.63, 3.8) is 0 Å². The van der Waals surface area contributed by atoms with E-state index >= 15 is 0 Å². The fourth-order valence-electron chi connectivity index (χ4n) is 1.75. The van der Waals surface area contributed by atoms with Crippen molar-refractivity contribution in [1.82, 2.24) is 14.7 Å². The number of nitrogens with one attached hydrogen (secondary N) is 1. The molecule has 0 aliphatic carbocycles. The Labute approximate surface area is 111 Å². The molecular weight excluding hydrogens is 250 g/mol. The first-order valence-electron chi connectivity index (χ1n) is 6.01. The quantitative estimate of drug-likeness (QED) is 0.737. The number of methoxy groups -OCH3 is 1. The zero-order chi connectivity index (χ0) is 12.8. The molecule has 0 aliphatic rings. The van der Waals surface area contributed by atoms with E-state index in [1.165, 1.54) is 5.69 Å². The van der Waals surface area contributed by atoms with Gasteiger partial charge in [-0.25, -0.2) is 4.98 Å². The Hall–Kier alpha value is -0.950. The highest BCUT2D eigenvalue weighted by atomic mass is 32.1. The summed E-state index contributed by atoms with van der Waals surface area (Å²) in [5, 5.41) is 5.42. The molecule has 2 heterocycles. The molecule has 0 aliphatic heterocycles. The van der Waals surface area contributed by atoms with Crippen molar-refractivity contribution in [1.29, 1.82) is 0 Å². The molecule has 1 N–H and O–H groups in total. The van der Waals surface area contributed by atoms with Gasteiger partial charge in [-0.1, -0.05) is 0 Å². The highest BCUT2D eigenvalue weighted by Crippen LogP contribution is 2.16. The lowest BCUT2D eigenvalue weighted by atomic mass is 10.3. The zero-order valence-electron chi connectivity index (χ0n) is 10.8. The number of ether oxygens (including phenoxy) is 2. The number of aromatic nitrogens is 2. The normalized spacial score (nSPS) is 11.4. The second kappa shape index (κ2) is 6.84. The molecule has 0 fully saturated rings. The fraction of sp³-hybridized carbons (Fsp3) is 0.583. The largest absolute Gasteiger partial charge is 0.382 e. The standard InChI is InChI=1S/C12H19N3O2S/c1-10-11(15-4-8-18-12(15)14-10)9-13-3-5-17-7-6-16-2/h4,8,13H,3,5-7,9H2,1-2H3. The van der Waals surface area contributed by atoms with E-state index in [9.17, 15) is 0 Å². The monoisotopic (exact) mass is 269 g/mol. The summed E-state index contributed by atoms with van der Waals surface area (Å²) in [7, 11) is 1.68. The lowest BCUT2D eigenvalue weighted by Crippen LogP contribution is -2.21. The lowest BCUT2D eigenvalue weighted by Gasteiger charge is -2.06. The number of thiazole rings is 1. The Morgan fingerprint density at radius 1 is 1.39 bits per heavy atom. The summed E-state index contributed by atoms with van der Waals surface area (Å²) < 4.78 is 12.4. The Morgan fingerprint density at radius 2 is 2.28 bits per heavy atom. The van der Waals surface area contributed by atoms with Gasteiger partial charge in [0.25, 0.3) is 0 Å². The molecule has 0 saturated carbocycles. The summed E-state index contributed by atoms with van der Waals surface area (Å²) in [4.78, 5) is 5.56. The molecule has 5 nitrogen and oxygen atoms in total. The predicted octanol–water partition coefficient (Wildman–Crippen LogP) is 1.46. The Kier molecular flexibility index (Phi) is 5.12. The van der Waals surface area contributed by atoms with Gasteiger partial charge >= 0.3 is 0 Å². The van der Waals surface area contributed by atoms with Gasteiger partial charge < -0.3 is 14.8 Å². The van der Waals surface area contributed by atoms with E-state index in [2.05, 4.69) is 26.3 Å². The van der Waals surface area contributed by atoms with Crippen molar-refractivity contribution < 1.29 is 9.47 Å². The van der Waals surface area contributed by atoms with Crippen LogP contribution in [0, 0.1) is 6.92 Å². The summed E-state index contributed by atoms with van der Waals surface area (Å²) in [5.41, 5.74) is 2.32. The van der Waals surface area contributed by atoms with E-state index in [4.69, 9.17) is 9.47 Å². The first kappa shape index (κ1) is 13.5. The van der Waals surface area contributed by atoms with Crippen molar-refractivity contribution >= 4 is 16.3 Å². The van der Waals surface area contributed by atoms with Crippen LogP contribution >= 0.6 is 11.3 Å². The highest BCUT2D eigenvalue weighted by Gasteiger charge is 2.08. The van der Waals surface area contributed by atoms with Gasteiger partial charge in [-0.15, -0.1) is 11.3 Å². The van der Waals surface area contributed by atoms with Crippen LogP contribution < -0.4 is 5.32 Å². The maximum atomic E-state index is 5.39. The number of hydrogen-bond acceptors (Lipinski definition) is 5. The maximum absolute atomic E-state index is 5.39. The van der Waals surface area contributed by atoms with Gasteiger partial charge in [0.1, 0.15) is 0 Å². The predicted molar refractivity (Wildman–Crippen MR) is 72.2 cm³/mol. The van der Waals surface area contributed by atoms with Crippen LogP contribution in [0.25, 0.3) is 4.96 Å². The number of rotatable bonds is 8. The Morgan fingerprint density at radius 3 is 3.11 bits per heavy atom. The summed E-state index contributed by atoms with van der Waals surface area (Å²) >= 11 is 1.66. The van der Waals surface area contributed by atoms with Gasteiger partial charge in [-0.3, -0.25) is 4.40 Å². The van der Waals surface area contributed by atoms with Gasteiger partial charge in [0.05, 0.1) is 31.2 Å². The Bertz CT molecular complexity index is 481. The number of aryl methyl sites for hydroxylation is 1. The zero-order valence-corrected chi connectivity index (χ0v) is 11.6. The first-order chi connectivity index (χ1) is 8.83. The minimum absolute atomic E-state index is 0.650. The maximum Gasteiger partial charge on any atom is 0.194 e. The van der Waals surface area contributed by atoms with Crippen LogP contribution in [-0.2, 0) is 16.0 Å². The topological polar surface area (TPSA) is 47.8 Å². The van der Waals surface area contributed by atoms with Crippen LogP contribution in [0.3, 0.4) is 0 Å². The number of fused-ring (bicyclic) bond motifs is 1. The van der Waals surface area contributed by atoms with Crippen molar-refractivity contribution in [2.45, 2.75) is 13.5 Å². The average molecular weight is 269 g/mol. The van der Waals surface area contributed by atoms with Crippen molar-refractivity contribution in [2.24, 2.45) is 0 Å². The van der Waals surface area contributed by atoms with Crippen LogP contribution in [-0.4, -0.2) is 42.9 Å². The summed E-state index contributed by atoms with van der Waals surface area (Å²) in [6.45, 7) is 5.70. The van der Waals surface area contributed by atoms with E-state index in [-0.39, 0.29) is 0 Å². The molecule has 0 saturated heterocycles. The third-order valence-electron chi connectivity index (χ3n) is 2.71. The van der Waals surface area contributed by atoms with E-state index < -0.39 is 0 Å². The molecule has 0 unspecified atom stereocenters. The molecule has 0 spiro atoms. The third-order valence-corrected chi connectivity index (χ3v) is 3.47. The minimum Gasteiger partial charge on any atom is -0.382 e. The molecule has 2 aromatic heterocycles. The van der Waals surface area contributed by atoms with Gasteiger partial charge in [-0.2, -0.15) is 0 Å². The first-order valence-corrected chi connectivity index (χ1v) is 6.89. The molecule has 0 aromatic carbocycles. The SMILES string of the molecule is COCCOCCNCc1c(C)nc2sccn12. The van der Waals surface area contributed by atoms with Crippen LogP contribution in [0.5, 0.6) is 0 Å². The molecule has 0 amide bonds. The molecule has 2 aromatic rings. The third kappa shape index (κ3) is 3.29. The van der Waals surface area contributed by atoms with Crippen molar-refractivity contribution in [3.8, 4) is 0 Å². The van der Waals surface area contributed by atoms with E-state index in [0.29, 0.717) is 19.8 Å². The van der Waals surface area contributed by atoms with Crippen LogP contribution in [0.15, 0.2) is 11.6 Å². The molecule has 0 atom stereocenters. The Balaban J connectivity index is 1.73. The molecule has 2 rings (SSSR count). The summed E-state index contributed by atoms with van der Waals surface area (Å²) in [6, 6.07) is 0. The summed E-state index contributed by atoms with van der Waals surface area (Å²) in [5.74, 6) is 0. The van der Waals surface area contributed by atoms with Gasteiger partial charge in [0.15, 0.2) is 4.96 Å². The van der Waals surface area contributed by atoms with E-state index in [1.807, 2.05) is 6.92 Å². The molecular formula is C12H19N3O2S. The molecule has 100 valence electrons. The van der Waals surface area contributed by atoms with Crippen molar-refractivity contribution in [2.75, 3.05) is 33.5 Å². The smallest absolute Gasteiger partial charge is 0.194 e. The number of nitrogens with zero attached hydrogens (tertiary/aromatic N) is 2. The van der Waals surface area contributed by atoms with Gasteiger partial charge in [0.2, 0.25) is 0 Å². The molecule has 6 heteroatoms. The van der Waals surface area contributed by atoms with Gasteiger partial charge in [-0.05, 0) is 6.92 Å². The minimum atomic E-state index is 0.650. The lowest BCUT2D eigenvalue weighted by molar-refractivity contribution is 0.0718. The molecule has 18 heavy (non-hydrogen) atoms.